The Morgan fingerprint density at radius 2 is 2.00 bits per heavy atom. The molecule has 1 aromatic rings. The van der Waals surface area contributed by atoms with Gasteiger partial charge in [-0.15, -0.1) is 0 Å². The number of anilines is 1. The van der Waals surface area contributed by atoms with E-state index in [1.165, 1.54) is 0 Å². The molecule has 6 heteroatoms. The zero-order chi connectivity index (χ0) is 14.6. The molecule has 1 aromatic carbocycles. The number of benzene rings is 1. The average Bonchev–Trinajstić information content (AvgIpc) is 2.30. The summed E-state index contributed by atoms with van der Waals surface area (Å²) in [5.41, 5.74) is 7.17. The molecule has 1 unspecified atom stereocenters. The highest BCUT2D eigenvalue weighted by Crippen LogP contribution is 2.24. The first kappa shape index (κ1) is 15.9. The lowest BCUT2D eigenvalue weighted by Gasteiger charge is -2.18. The second kappa shape index (κ2) is 6.86. The highest BCUT2D eigenvalue weighted by molar-refractivity contribution is 9.10. The molecule has 0 aliphatic carbocycles. The van der Waals surface area contributed by atoms with Crippen molar-refractivity contribution in [3.05, 3.63) is 28.2 Å². The summed E-state index contributed by atoms with van der Waals surface area (Å²) in [5.74, 6) is -0.0414. The van der Waals surface area contributed by atoms with Gasteiger partial charge < -0.3 is 16.4 Å². The third-order valence-corrected chi connectivity index (χ3v) is 3.34. The second-order valence-electron chi connectivity index (χ2n) is 4.59. The van der Waals surface area contributed by atoms with E-state index in [1.807, 2.05) is 39.0 Å². The third-order valence-electron chi connectivity index (χ3n) is 2.45. The van der Waals surface area contributed by atoms with Gasteiger partial charge >= 0.3 is 0 Å². The molecular formula is C13H18BrN3OS. The third kappa shape index (κ3) is 4.80. The van der Waals surface area contributed by atoms with Crippen LogP contribution >= 0.6 is 28.1 Å². The van der Waals surface area contributed by atoms with Gasteiger partial charge in [0, 0.05) is 21.8 Å². The van der Waals surface area contributed by atoms with Crippen molar-refractivity contribution in [3.63, 3.8) is 0 Å². The summed E-state index contributed by atoms with van der Waals surface area (Å²) in [6.45, 7) is 5.67. The number of thiocarbonyl (C=S) groups is 1. The Kier molecular flexibility index (Phi) is 5.75. The van der Waals surface area contributed by atoms with E-state index >= 15 is 0 Å². The number of halogens is 1. The Hall–Kier alpha value is -1.14. The first-order valence-corrected chi connectivity index (χ1v) is 7.17. The van der Waals surface area contributed by atoms with Crippen LogP contribution in [-0.2, 0) is 4.79 Å². The maximum Gasteiger partial charge on any atom is 0.242 e. The fourth-order valence-electron chi connectivity index (χ4n) is 1.49. The van der Waals surface area contributed by atoms with Crippen molar-refractivity contribution < 1.29 is 4.79 Å². The molecule has 0 spiro atoms. The van der Waals surface area contributed by atoms with Gasteiger partial charge in [0.2, 0.25) is 5.91 Å². The van der Waals surface area contributed by atoms with Crippen molar-refractivity contribution in [2.75, 3.05) is 5.32 Å². The van der Waals surface area contributed by atoms with E-state index in [1.54, 1.807) is 0 Å². The van der Waals surface area contributed by atoms with Crippen molar-refractivity contribution in [2.45, 2.75) is 32.9 Å². The number of rotatable bonds is 5. The van der Waals surface area contributed by atoms with Crippen molar-refractivity contribution in [3.8, 4) is 0 Å². The first-order chi connectivity index (χ1) is 8.81. The molecule has 0 aliphatic heterocycles. The Bertz CT molecular complexity index is 491. The monoisotopic (exact) mass is 343 g/mol. The maximum atomic E-state index is 11.8. The molecule has 0 aliphatic rings. The molecule has 0 saturated heterocycles. The summed E-state index contributed by atoms with van der Waals surface area (Å²) in [5, 5.41) is 5.99. The summed E-state index contributed by atoms with van der Waals surface area (Å²) in [7, 11) is 0. The maximum absolute atomic E-state index is 11.8. The highest BCUT2D eigenvalue weighted by Gasteiger charge is 2.14. The van der Waals surface area contributed by atoms with Gasteiger partial charge in [0.25, 0.3) is 0 Å². The Morgan fingerprint density at radius 3 is 2.47 bits per heavy atom. The van der Waals surface area contributed by atoms with E-state index in [0.717, 1.165) is 15.7 Å². The lowest BCUT2D eigenvalue weighted by Crippen LogP contribution is -2.41. The number of amides is 1. The smallest absolute Gasteiger partial charge is 0.242 e. The van der Waals surface area contributed by atoms with Gasteiger partial charge in [0.05, 0.1) is 0 Å². The van der Waals surface area contributed by atoms with Crippen LogP contribution in [0, 0.1) is 0 Å². The van der Waals surface area contributed by atoms with Crippen LogP contribution in [0.15, 0.2) is 22.7 Å². The Labute approximate surface area is 127 Å². The summed E-state index contributed by atoms with van der Waals surface area (Å²) in [6, 6.07) is 5.30. The van der Waals surface area contributed by atoms with Gasteiger partial charge in [-0.1, -0.05) is 12.2 Å². The molecule has 0 bridgehead atoms. The quantitative estimate of drug-likeness (QED) is 0.718. The lowest BCUT2D eigenvalue weighted by atomic mass is 10.2. The zero-order valence-electron chi connectivity index (χ0n) is 11.2. The minimum Gasteiger partial charge on any atom is -0.389 e. The van der Waals surface area contributed by atoms with Gasteiger partial charge in [0.1, 0.15) is 11.0 Å². The predicted molar refractivity (Wildman–Crippen MR) is 86.4 cm³/mol. The van der Waals surface area contributed by atoms with E-state index < -0.39 is 0 Å². The van der Waals surface area contributed by atoms with E-state index in [2.05, 4.69) is 26.6 Å². The van der Waals surface area contributed by atoms with Crippen molar-refractivity contribution in [1.82, 2.24) is 5.32 Å². The fraction of sp³-hybridized carbons (Fsp3) is 0.385. The SMILES string of the molecule is CC(C)NC(=O)C(C)Nc1ccc(C(N)=S)cc1Br. The molecule has 0 radical (unpaired) electrons. The molecule has 19 heavy (non-hydrogen) atoms. The summed E-state index contributed by atoms with van der Waals surface area (Å²) < 4.78 is 0.821. The van der Waals surface area contributed by atoms with Crippen molar-refractivity contribution in [1.29, 1.82) is 0 Å². The molecule has 0 fully saturated rings. The normalized spacial score (nSPS) is 12.1. The van der Waals surface area contributed by atoms with Crippen LogP contribution in [0.4, 0.5) is 5.69 Å². The number of hydrogen-bond acceptors (Lipinski definition) is 3. The predicted octanol–water partition coefficient (Wildman–Crippen LogP) is 2.41. The molecule has 104 valence electrons. The van der Waals surface area contributed by atoms with Crippen LogP contribution in [0.2, 0.25) is 0 Å². The lowest BCUT2D eigenvalue weighted by molar-refractivity contribution is -0.122. The van der Waals surface area contributed by atoms with Gasteiger partial charge in [-0.05, 0) is 54.9 Å². The van der Waals surface area contributed by atoms with E-state index in [4.69, 9.17) is 18.0 Å². The number of carbonyl (C=O) groups excluding carboxylic acids is 1. The molecule has 1 atom stereocenters. The molecule has 4 nitrogen and oxygen atoms in total. The Morgan fingerprint density at radius 1 is 1.37 bits per heavy atom. The minimum absolute atomic E-state index is 0.0414. The van der Waals surface area contributed by atoms with Gasteiger partial charge in [-0.3, -0.25) is 4.79 Å². The summed E-state index contributed by atoms with van der Waals surface area (Å²) >= 11 is 8.35. The topological polar surface area (TPSA) is 67.2 Å². The number of nitrogens with one attached hydrogen (secondary N) is 2. The fourth-order valence-corrected chi connectivity index (χ4v) is 2.11. The molecule has 4 N–H and O–H groups in total. The average molecular weight is 344 g/mol. The van der Waals surface area contributed by atoms with Crippen LogP contribution < -0.4 is 16.4 Å². The first-order valence-electron chi connectivity index (χ1n) is 5.97. The molecule has 0 heterocycles. The van der Waals surface area contributed by atoms with Crippen molar-refractivity contribution in [2.24, 2.45) is 5.73 Å². The van der Waals surface area contributed by atoms with E-state index in [9.17, 15) is 4.79 Å². The zero-order valence-corrected chi connectivity index (χ0v) is 13.6. The van der Waals surface area contributed by atoms with E-state index in [-0.39, 0.29) is 18.0 Å². The molecule has 1 amide bonds. The molecular weight excluding hydrogens is 326 g/mol. The second-order valence-corrected chi connectivity index (χ2v) is 5.88. The number of nitrogens with two attached hydrogens (primary N) is 1. The number of carbonyl (C=O) groups is 1. The van der Waals surface area contributed by atoms with Crippen LogP contribution in [0.3, 0.4) is 0 Å². The molecule has 1 rings (SSSR count). The standard InChI is InChI=1S/C13H18BrN3OS/c1-7(2)16-13(18)8(3)17-11-5-4-9(12(15)19)6-10(11)14/h4-8,17H,1-3H3,(H2,15,19)(H,16,18). The van der Waals surface area contributed by atoms with Crippen LogP contribution in [0.1, 0.15) is 26.3 Å². The minimum atomic E-state index is -0.325. The highest BCUT2D eigenvalue weighted by atomic mass is 79.9. The van der Waals surface area contributed by atoms with Crippen LogP contribution in [-0.4, -0.2) is 23.0 Å². The largest absolute Gasteiger partial charge is 0.389 e. The van der Waals surface area contributed by atoms with Gasteiger partial charge in [0.15, 0.2) is 0 Å². The van der Waals surface area contributed by atoms with Gasteiger partial charge in [-0.2, -0.15) is 0 Å². The van der Waals surface area contributed by atoms with E-state index in [0.29, 0.717) is 4.99 Å². The number of hydrogen-bond donors (Lipinski definition) is 3. The molecule has 0 aromatic heterocycles. The van der Waals surface area contributed by atoms with Crippen LogP contribution in [0.5, 0.6) is 0 Å². The summed E-state index contributed by atoms with van der Waals surface area (Å²) in [4.78, 5) is 12.2. The Balaban J connectivity index is 2.77. The summed E-state index contributed by atoms with van der Waals surface area (Å²) in [6.07, 6.45) is 0. The van der Waals surface area contributed by atoms with Crippen LogP contribution in [0.25, 0.3) is 0 Å². The molecule has 0 saturated carbocycles. The van der Waals surface area contributed by atoms with Crippen molar-refractivity contribution >= 4 is 44.7 Å². The van der Waals surface area contributed by atoms with Gasteiger partial charge in [-0.25, -0.2) is 0 Å².